The summed E-state index contributed by atoms with van der Waals surface area (Å²) in [4.78, 5) is 16.7. The highest BCUT2D eigenvalue weighted by Gasteiger charge is 2.18. The zero-order valence-electron chi connectivity index (χ0n) is 18.9. The van der Waals surface area contributed by atoms with Crippen molar-refractivity contribution >= 4 is 0 Å². The van der Waals surface area contributed by atoms with Gasteiger partial charge < -0.3 is 4.74 Å². The molecule has 1 saturated heterocycles. The van der Waals surface area contributed by atoms with Gasteiger partial charge in [-0.3, -0.25) is 24.7 Å². The monoisotopic (exact) mass is 431 g/mol. The molecule has 1 fully saturated rings. The lowest BCUT2D eigenvalue weighted by atomic mass is 10.2. The van der Waals surface area contributed by atoms with E-state index >= 15 is 0 Å². The van der Waals surface area contributed by atoms with E-state index in [-0.39, 0.29) is 0 Å². The molecular formula is C26H33N5O. The molecule has 0 radical (unpaired) electrons. The van der Waals surface area contributed by atoms with Gasteiger partial charge in [-0.05, 0) is 42.0 Å². The summed E-state index contributed by atoms with van der Waals surface area (Å²) in [5.41, 5.74) is 3.58. The summed E-state index contributed by atoms with van der Waals surface area (Å²) in [5, 5.41) is 0. The Morgan fingerprint density at radius 3 is 1.50 bits per heavy atom. The third-order valence-corrected chi connectivity index (χ3v) is 5.99. The SMILES string of the molecule is COc1ccc(CN2CCN(Cc3ccccn3)CCN(Cc3ccccn3)CC2)cc1. The maximum absolute atomic E-state index is 5.31. The van der Waals surface area contributed by atoms with Gasteiger partial charge in [0.1, 0.15) is 5.75 Å². The number of benzene rings is 1. The number of ether oxygens (including phenoxy) is 1. The number of hydrogen-bond acceptors (Lipinski definition) is 6. The fourth-order valence-corrected chi connectivity index (χ4v) is 4.09. The Bertz CT molecular complexity index is 866. The molecule has 0 spiro atoms. The topological polar surface area (TPSA) is 44.7 Å². The molecule has 1 aliphatic rings. The smallest absolute Gasteiger partial charge is 0.118 e. The number of hydrogen-bond donors (Lipinski definition) is 0. The van der Waals surface area contributed by atoms with Gasteiger partial charge in [0.05, 0.1) is 18.5 Å². The molecule has 4 rings (SSSR count). The molecule has 3 heterocycles. The van der Waals surface area contributed by atoms with E-state index < -0.39 is 0 Å². The molecule has 0 atom stereocenters. The summed E-state index contributed by atoms with van der Waals surface area (Å²) in [6.07, 6.45) is 3.77. The Balaban J connectivity index is 1.45. The van der Waals surface area contributed by atoms with Gasteiger partial charge in [-0.2, -0.15) is 0 Å². The van der Waals surface area contributed by atoms with Gasteiger partial charge in [0.15, 0.2) is 0 Å². The number of nitrogens with zero attached hydrogens (tertiary/aromatic N) is 5. The third-order valence-electron chi connectivity index (χ3n) is 5.99. The van der Waals surface area contributed by atoms with Crippen molar-refractivity contribution < 1.29 is 4.74 Å². The van der Waals surface area contributed by atoms with Crippen molar-refractivity contribution in [2.75, 3.05) is 46.4 Å². The van der Waals surface area contributed by atoms with Crippen molar-refractivity contribution in [3.05, 3.63) is 90.0 Å². The van der Waals surface area contributed by atoms with Crippen molar-refractivity contribution in [1.29, 1.82) is 0 Å². The summed E-state index contributed by atoms with van der Waals surface area (Å²) < 4.78 is 5.31. The molecule has 0 bridgehead atoms. The van der Waals surface area contributed by atoms with Gasteiger partial charge in [-0.1, -0.05) is 24.3 Å². The number of pyridine rings is 2. The number of methoxy groups -OCH3 is 1. The molecule has 0 saturated carbocycles. The van der Waals surface area contributed by atoms with Gasteiger partial charge in [-0.15, -0.1) is 0 Å². The van der Waals surface area contributed by atoms with Crippen LogP contribution < -0.4 is 4.74 Å². The molecule has 1 aliphatic heterocycles. The highest BCUT2D eigenvalue weighted by Crippen LogP contribution is 2.14. The van der Waals surface area contributed by atoms with Crippen LogP contribution in [0, 0.1) is 0 Å². The molecule has 6 heteroatoms. The molecule has 0 N–H and O–H groups in total. The van der Waals surface area contributed by atoms with Crippen molar-refractivity contribution in [3.8, 4) is 5.75 Å². The molecule has 6 nitrogen and oxygen atoms in total. The van der Waals surface area contributed by atoms with Crippen LogP contribution in [0.4, 0.5) is 0 Å². The lowest BCUT2D eigenvalue weighted by Gasteiger charge is -2.25. The first-order chi connectivity index (χ1) is 15.8. The standard InChI is InChI=1S/C26H33N5O/c1-32-26-10-8-23(9-11-26)20-29-14-16-30(21-24-6-2-4-12-27-24)18-19-31(17-15-29)22-25-7-3-5-13-28-25/h2-13H,14-22H2,1H3. The minimum atomic E-state index is 0.884. The number of aromatic nitrogens is 2. The second kappa shape index (κ2) is 11.7. The highest BCUT2D eigenvalue weighted by atomic mass is 16.5. The highest BCUT2D eigenvalue weighted by molar-refractivity contribution is 5.27. The lowest BCUT2D eigenvalue weighted by molar-refractivity contribution is 0.207. The van der Waals surface area contributed by atoms with Crippen LogP contribution >= 0.6 is 0 Å². The van der Waals surface area contributed by atoms with E-state index in [1.165, 1.54) is 5.56 Å². The van der Waals surface area contributed by atoms with E-state index in [4.69, 9.17) is 4.74 Å². The molecule has 168 valence electrons. The molecule has 3 aromatic rings. The zero-order chi connectivity index (χ0) is 22.0. The molecule has 32 heavy (non-hydrogen) atoms. The second-order valence-corrected chi connectivity index (χ2v) is 8.32. The van der Waals surface area contributed by atoms with Gasteiger partial charge in [0, 0.05) is 71.3 Å². The van der Waals surface area contributed by atoms with Crippen molar-refractivity contribution in [3.63, 3.8) is 0 Å². The summed E-state index contributed by atoms with van der Waals surface area (Å²) >= 11 is 0. The van der Waals surface area contributed by atoms with Crippen LogP contribution in [0.3, 0.4) is 0 Å². The molecule has 0 aliphatic carbocycles. The van der Waals surface area contributed by atoms with Gasteiger partial charge in [0.2, 0.25) is 0 Å². The van der Waals surface area contributed by atoms with E-state index in [0.717, 1.165) is 76.0 Å². The Labute approximate surface area is 191 Å². The molecule has 0 unspecified atom stereocenters. The first kappa shape index (κ1) is 22.4. The molecule has 2 aromatic heterocycles. The minimum absolute atomic E-state index is 0.884. The van der Waals surface area contributed by atoms with Crippen LogP contribution in [-0.4, -0.2) is 71.0 Å². The van der Waals surface area contributed by atoms with E-state index in [9.17, 15) is 0 Å². The van der Waals surface area contributed by atoms with Crippen molar-refractivity contribution in [2.45, 2.75) is 19.6 Å². The summed E-state index contributed by atoms with van der Waals surface area (Å²) in [6, 6.07) is 20.8. The normalized spacial score (nSPS) is 16.8. The average Bonchev–Trinajstić information content (AvgIpc) is 2.93. The van der Waals surface area contributed by atoms with Crippen LogP contribution in [0.25, 0.3) is 0 Å². The Morgan fingerprint density at radius 1 is 0.625 bits per heavy atom. The van der Waals surface area contributed by atoms with Crippen LogP contribution in [0.15, 0.2) is 73.1 Å². The van der Waals surface area contributed by atoms with Crippen LogP contribution in [0.1, 0.15) is 17.0 Å². The molecule has 0 amide bonds. The van der Waals surface area contributed by atoms with E-state index in [1.807, 2.05) is 36.7 Å². The van der Waals surface area contributed by atoms with Gasteiger partial charge in [-0.25, -0.2) is 0 Å². The maximum Gasteiger partial charge on any atom is 0.118 e. The largest absolute Gasteiger partial charge is 0.497 e. The van der Waals surface area contributed by atoms with Crippen LogP contribution in [0.5, 0.6) is 5.75 Å². The van der Waals surface area contributed by atoms with Crippen LogP contribution in [0.2, 0.25) is 0 Å². The Morgan fingerprint density at radius 2 is 1.09 bits per heavy atom. The fourth-order valence-electron chi connectivity index (χ4n) is 4.09. The van der Waals surface area contributed by atoms with Gasteiger partial charge >= 0.3 is 0 Å². The second-order valence-electron chi connectivity index (χ2n) is 8.32. The molecular weight excluding hydrogens is 398 g/mol. The quantitative estimate of drug-likeness (QED) is 0.572. The summed E-state index contributed by atoms with van der Waals surface area (Å²) in [5.74, 6) is 0.904. The van der Waals surface area contributed by atoms with Crippen LogP contribution in [-0.2, 0) is 19.6 Å². The fraction of sp³-hybridized carbons (Fsp3) is 0.385. The van der Waals surface area contributed by atoms with E-state index in [2.05, 4.69) is 61.1 Å². The molecule has 1 aromatic carbocycles. The third kappa shape index (κ3) is 6.85. The van der Waals surface area contributed by atoms with E-state index in [0.29, 0.717) is 0 Å². The summed E-state index contributed by atoms with van der Waals surface area (Å²) in [7, 11) is 1.71. The van der Waals surface area contributed by atoms with Crippen molar-refractivity contribution in [1.82, 2.24) is 24.7 Å². The van der Waals surface area contributed by atoms with Gasteiger partial charge in [0.25, 0.3) is 0 Å². The number of rotatable bonds is 7. The summed E-state index contributed by atoms with van der Waals surface area (Å²) in [6.45, 7) is 8.91. The predicted molar refractivity (Wildman–Crippen MR) is 127 cm³/mol. The Kier molecular flexibility index (Phi) is 8.20. The first-order valence-corrected chi connectivity index (χ1v) is 11.4. The van der Waals surface area contributed by atoms with Crippen molar-refractivity contribution in [2.24, 2.45) is 0 Å². The lowest BCUT2D eigenvalue weighted by Crippen LogP contribution is -2.35. The predicted octanol–water partition coefficient (Wildman–Crippen LogP) is 3.31. The zero-order valence-corrected chi connectivity index (χ0v) is 18.9. The minimum Gasteiger partial charge on any atom is -0.497 e. The Hall–Kier alpha value is -2.80. The first-order valence-electron chi connectivity index (χ1n) is 11.4. The van der Waals surface area contributed by atoms with E-state index in [1.54, 1.807) is 7.11 Å². The maximum atomic E-state index is 5.31. The average molecular weight is 432 g/mol.